The van der Waals surface area contributed by atoms with Crippen LogP contribution in [0.4, 0.5) is 13.2 Å². The Morgan fingerprint density at radius 2 is 1.62 bits per heavy atom. The molecule has 0 aromatic heterocycles. The van der Waals surface area contributed by atoms with E-state index >= 15 is 0 Å². The number of carbonyl (C=O) groups excluding carboxylic acids is 1. The minimum absolute atomic E-state index is 0.0973. The largest absolute Gasteiger partial charge is 0.416 e. The van der Waals surface area contributed by atoms with Crippen LogP contribution in [-0.2, 0) is 19.0 Å². The molecule has 0 N–H and O–H groups in total. The summed E-state index contributed by atoms with van der Waals surface area (Å²) in [5, 5.41) is 0. The molecular formula is C24H28F3NO. The summed E-state index contributed by atoms with van der Waals surface area (Å²) < 4.78 is 38.3. The Morgan fingerprint density at radius 3 is 2.31 bits per heavy atom. The minimum atomic E-state index is -4.31. The molecule has 156 valence electrons. The Morgan fingerprint density at radius 1 is 0.897 bits per heavy atom. The number of rotatable bonds is 9. The third kappa shape index (κ3) is 6.70. The summed E-state index contributed by atoms with van der Waals surface area (Å²) >= 11 is 0. The highest BCUT2D eigenvalue weighted by molar-refractivity contribution is 5.96. The number of Topliss-reactive ketones (excluding diaryl/α,β-unsaturated/α-hetero) is 1. The molecule has 0 saturated carbocycles. The lowest BCUT2D eigenvalue weighted by Gasteiger charge is -2.14. The molecule has 0 radical (unpaired) electrons. The van der Waals surface area contributed by atoms with E-state index in [4.69, 9.17) is 0 Å². The van der Waals surface area contributed by atoms with Crippen LogP contribution in [0.5, 0.6) is 0 Å². The number of nitrogens with zero attached hydrogens (tertiary/aromatic N) is 1. The number of aryl methyl sites for hydroxylation is 1. The van der Waals surface area contributed by atoms with Gasteiger partial charge in [0.15, 0.2) is 5.78 Å². The van der Waals surface area contributed by atoms with Crippen molar-refractivity contribution in [3.05, 3.63) is 70.8 Å². The molecule has 5 heteroatoms. The van der Waals surface area contributed by atoms with Crippen molar-refractivity contribution in [2.75, 3.05) is 19.6 Å². The van der Waals surface area contributed by atoms with Gasteiger partial charge in [-0.15, -0.1) is 0 Å². The molecule has 1 fully saturated rings. The van der Waals surface area contributed by atoms with Gasteiger partial charge >= 0.3 is 6.18 Å². The lowest BCUT2D eigenvalue weighted by Crippen LogP contribution is -2.21. The van der Waals surface area contributed by atoms with E-state index in [0.29, 0.717) is 36.8 Å². The van der Waals surface area contributed by atoms with Crippen LogP contribution in [0.3, 0.4) is 0 Å². The third-order valence-corrected chi connectivity index (χ3v) is 5.56. The zero-order valence-electron chi connectivity index (χ0n) is 16.7. The van der Waals surface area contributed by atoms with Gasteiger partial charge in [0.2, 0.25) is 0 Å². The molecule has 2 aromatic carbocycles. The first kappa shape index (κ1) is 21.6. The summed E-state index contributed by atoms with van der Waals surface area (Å²) in [7, 11) is 0. The summed E-state index contributed by atoms with van der Waals surface area (Å²) in [6.45, 7) is 3.46. The molecule has 1 aliphatic rings. The van der Waals surface area contributed by atoms with E-state index in [-0.39, 0.29) is 5.78 Å². The van der Waals surface area contributed by atoms with Crippen molar-refractivity contribution >= 4 is 5.78 Å². The van der Waals surface area contributed by atoms with Crippen LogP contribution in [-0.4, -0.2) is 30.3 Å². The number of likely N-dealkylation sites (tertiary alicyclic amines) is 1. The molecule has 0 aliphatic carbocycles. The van der Waals surface area contributed by atoms with Crippen molar-refractivity contribution in [2.45, 2.75) is 51.1 Å². The number of carbonyl (C=O) groups is 1. The first-order valence-corrected chi connectivity index (χ1v) is 10.4. The Labute approximate surface area is 170 Å². The molecule has 0 bridgehead atoms. The van der Waals surface area contributed by atoms with Crippen LogP contribution >= 0.6 is 0 Å². The van der Waals surface area contributed by atoms with Crippen molar-refractivity contribution in [1.29, 1.82) is 0 Å². The SMILES string of the molecule is O=C(CCCCc1cccc(C(F)(F)F)c1)c1ccc(CCN2CCCC2)cc1. The number of unbranched alkanes of at least 4 members (excludes halogenated alkanes) is 1. The predicted octanol–water partition coefficient (Wildman–Crippen LogP) is 5.94. The van der Waals surface area contributed by atoms with E-state index in [2.05, 4.69) is 4.90 Å². The van der Waals surface area contributed by atoms with Crippen LogP contribution in [0.25, 0.3) is 0 Å². The van der Waals surface area contributed by atoms with Crippen molar-refractivity contribution in [1.82, 2.24) is 4.90 Å². The maximum atomic E-state index is 12.8. The Bertz CT molecular complexity index is 793. The van der Waals surface area contributed by atoms with Gasteiger partial charge < -0.3 is 4.90 Å². The summed E-state index contributed by atoms with van der Waals surface area (Å²) in [6, 6.07) is 13.3. The monoisotopic (exact) mass is 403 g/mol. The zero-order chi connectivity index (χ0) is 20.7. The van der Waals surface area contributed by atoms with Crippen LogP contribution in [0, 0.1) is 0 Å². The molecule has 0 amide bonds. The number of alkyl halides is 3. The molecular weight excluding hydrogens is 375 g/mol. The Kier molecular flexibility index (Phi) is 7.48. The van der Waals surface area contributed by atoms with Gasteiger partial charge in [-0.1, -0.05) is 42.5 Å². The molecule has 1 saturated heterocycles. The van der Waals surface area contributed by atoms with E-state index in [1.165, 1.54) is 43.6 Å². The maximum Gasteiger partial charge on any atom is 0.416 e. The highest BCUT2D eigenvalue weighted by Crippen LogP contribution is 2.29. The van der Waals surface area contributed by atoms with Crippen LogP contribution in [0.2, 0.25) is 0 Å². The summed E-state index contributed by atoms with van der Waals surface area (Å²) in [5.41, 5.74) is 2.01. The number of ketones is 1. The average Bonchev–Trinajstić information content (AvgIpc) is 3.23. The van der Waals surface area contributed by atoms with Gasteiger partial charge in [0.1, 0.15) is 0 Å². The maximum absolute atomic E-state index is 12.8. The lowest BCUT2D eigenvalue weighted by atomic mass is 10.0. The van der Waals surface area contributed by atoms with Crippen molar-refractivity contribution in [3.63, 3.8) is 0 Å². The molecule has 0 unspecified atom stereocenters. The number of hydrogen-bond donors (Lipinski definition) is 0. The fraction of sp³-hybridized carbons (Fsp3) is 0.458. The summed E-state index contributed by atoms with van der Waals surface area (Å²) in [4.78, 5) is 14.8. The minimum Gasteiger partial charge on any atom is -0.303 e. The van der Waals surface area contributed by atoms with E-state index in [9.17, 15) is 18.0 Å². The first-order chi connectivity index (χ1) is 13.9. The zero-order valence-corrected chi connectivity index (χ0v) is 16.7. The van der Waals surface area contributed by atoms with E-state index < -0.39 is 11.7 Å². The molecule has 2 nitrogen and oxygen atoms in total. The topological polar surface area (TPSA) is 20.3 Å². The van der Waals surface area contributed by atoms with E-state index in [1.807, 2.05) is 24.3 Å². The number of hydrogen-bond acceptors (Lipinski definition) is 2. The predicted molar refractivity (Wildman–Crippen MR) is 109 cm³/mol. The highest BCUT2D eigenvalue weighted by atomic mass is 19.4. The number of benzene rings is 2. The normalized spacial score (nSPS) is 15.0. The van der Waals surface area contributed by atoms with Crippen molar-refractivity contribution < 1.29 is 18.0 Å². The second-order valence-corrected chi connectivity index (χ2v) is 7.82. The number of halogens is 3. The van der Waals surface area contributed by atoms with Gasteiger partial charge in [-0.3, -0.25) is 4.79 Å². The molecule has 2 aromatic rings. The second kappa shape index (κ2) is 10.1. The lowest BCUT2D eigenvalue weighted by molar-refractivity contribution is -0.137. The van der Waals surface area contributed by atoms with Crippen LogP contribution in [0.15, 0.2) is 48.5 Å². The van der Waals surface area contributed by atoms with Gasteiger partial charge in [0.25, 0.3) is 0 Å². The second-order valence-electron chi connectivity index (χ2n) is 7.82. The van der Waals surface area contributed by atoms with Gasteiger partial charge in [-0.2, -0.15) is 13.2 Å². The Hall–Kier alpha value is -2.14. The molecule has 0 atom stereocenters. The van der Waals surface area contributed by atoms with Gasteiger partial charge in [0, 0.05) is 18.5 Å². The molecule has 1 heterocycles. The van der Waals surface area contributed by atoms with Gasteiger partial charge in [-0.05, 0) is 68.8 Å². The van der Waals surface area contributed by atoms with Crippen LogP contribution < -0.4 is 0 Å². The quantitative estimate of drug-likeness (QED) is 0.381. The van der Waals surface area contributed by atoms with Gasteiger partial charge in [-0.25, -0.2) is 0 Å². The first-order valence-electron chi connectivity index (χ1n) is 10.4. The summed E-state index contributed by atoms with van der Waals surface area (Å²) in [6.07, 6.45) is 1.62. The van der Waals surface area contributed by atoms with E-state index in [1.54, 1.807) is 6.07 Å². The fourth-order valence-electron chi connectivity index (χ4n) is 3.81. The van der Waals surface area contributed by atoms with Crippen LogP contribution in [0.1, 0.15) is 59.2 Å². The van der Waals surface area contributed by atoms with Crippen molar-refractivity contribution in [3.8, 4) is 0 Å². The molecule has 29 heavy (non-hydrogen) atoms. The molecule has 0 spiro atoms. The molecule has 1 aliphatic heterocycles. The average molecular weight is 403 g/mol. The highest BCUT2D eigenvalue weighted by Gasteiger charge is 2.30. The molecule has 3 rings (SSSR count). The van der Waals surface area contributed by atoms with Crippen molar-refractivity contribution in [2.24, 2.45) is 0 Å². The Balaban J connectivity index is 1.40. The smallest absolute Gasteiger partial charge is 0.303 e. The third-order valence-electron chi connectivity index (χ3n) is 5.56. The fourth-order valence-corrected chi connectivity index (χ4v) is 3.81. The van der Waals surface area contributed by atoms with E-state index in [0.717, 1.165) is 19.0 Å². The summed E-state index contributed by atoms with van der Waals surface area (Å²) in [5.74, 6) is 0.0973. The standard InChI is InChI=1S/C24H28F3NO/c25-24(26,27)22-8-5-7-20(18-22)6-1-2-9-23(29)21-12-10-19(11-13-21)14-17-28-15-3-4-16-28/h5,7-8,10-13,18H,1-4,6,9,14-17H2. The van der Waals surface area contributed by atoms with Gasteiger partial charge in [0.05, 0.1) is 5.56 Å².